The van der Waals surface area contributed by atoms with E-state index < -0.39 is 10.1 Å². The molecule has 0 aliphatic carbocycles. The predicted molar refractivity (Wildman–Crippen MR) is 137 cm³/mol. The predicted octanol–water partition coefficient (Wildman–Crippen LogP) is 3.84. The number of hydrogen-bond acceptors (Lipinski definition) is 6. The lowest BCUT2D eigenvalue weighted by Gasteiger charge is -2.17. The molecule has 0 bridgehead atoms. The molecule has 0 fully saturated rings. The maximum Gasteiger partial charge on any atom is 0.264 e. The van der Waals surface area contributed by atoms with Gasteiger partial charge in [-0.05, 0) is 55.1 Å². The number of ether oxygens (including phenoxy) is 1. The summed E-state index contributed by atoms with van der Waals surface area (Å²) in [5, 5.41) is 4.42. The van der Waals surface area contributed by atoms with E-state index in [0.29, 0.717) is 32.8 Å². The van der Waals surface area contributed by atoms with Crippen LogP contribution in [0.25, 0.3) is 22.0 Å². The molecule has 1 aromatic heterocycles. The molecule has 0 spiro atoms. The smallest absolute Gasteiger partial charge is 0.264 e. The Morgan fingerprint density at radius 2 is 1.83 bits per heavy atom. The highest BCUT2D eigenvalue weighted by atomic mass is 35.5. The van der Waals surface area contributed by atoms with Crippen LogP contribution in [0.1, 0.15) is 20.8 Å². The van der Waals surface area contributed by atoms with E-state index in [-0.39, 0.29) is 43.2 Å². The first-order valence-corrected chi connectivity index (χ1v) is 13.3. The number of rotatable bonds is 10. The first kappa shape index (κ1) is 26.7. The van der Waals surface area contributed by atoms with Gasteiger partial charge in [0.1, 0.15) is 12.3 Å². The van der Waals surface area contributed by atoms with Gasteiger partial charge < -0.3 is 10.1 Å². The Hall–Kier alpha value is -2.88. The fourth-order valence-corrected chi connectivity index (χ4v) is 4.17. The molecule has 0 unspecified atom stereocenters. The third-order valence-corrected chi connectivity index (χ3v) is 5.86. The van der Waals surface area contributed by atoms with E-state index in [1.165, 1.54) is 4.57 Å². The molecular weight excluding hydrogens is 492 g/mol. The number of pyridine rings is 1. The van der Waals surface area contributed by atoms with E-state index >= 15 is 0 Å². The van der Waals surface area contributed by atoms with Gasteiger partial charge in [0.15, 0.2) is 0 Å². The van der Waals surface area contributed by atoms with Crippen molar-refractivity contribution in [2.24, 2.45) is 5.92 Å². The van der Waals surface area contributed by atoms with Crippen LogP contribution in [0, 0.1) is 5.92 Å². The van der Waals surface area contributed by atoms with Crippen LogP contribution in [0.3, 0.4) is 0 Å². The highest BCUT2D eigenvalue weighted by molar-refractivity contribution is 7.85. The molecule has 0 saturated carbocycles. The Kier molecular flexibility index (Phi) is 8.58. The number of benzene rings is 2. The summed E-state index contributed by atoms with van der Waals surface area (Å²) >= 11 is 6.18. The minimum Gasteiger partial charge on any atom is -0.493 e. The Morgan fingerprint density at radius 1 is 1.09 bits per heavy atom. The Morgan fingerprint density at radius 3 is 2.49 bits per heavy atom. The number of halogens is 1. The molecule has 0 aliphatic heterocycles. The van der Waals surface area contributed by atoms with E-state index in [2.05, 4.69) is 5.32 Å². The van der Waals surface area contributed by atoms with Gasteiger partial charge in [-0.2, -0.15) is 8.42 Å². The van der Waals surface area contributed by atoms with E-state index in [9.17, 15) is 18.0 Å². The van der Waals surface area contributed by atoms with Crippen LogP contribution in [0.5, 0.6) is 5.75 Å². The number of nitrogens with zero attached hydrogens (tertiary/aromatic N) is 1. The zero-order valence-electron chi connectivity index (χ0n) is 20.1. The van der Waals surface area contributed by atoms with Crippen LogP contribution in [-0.2, 0) is 25.6 Å². The summed E-state index contributed by atoms with van der Waals surface area (Å²) < 4.78 is 34.4. The van der Waals surface area contributed by atoms with E-state index in [0.717, 1.165) is 6.26 Å². The van der Waals surface area contributed by atoms with Crippen molar-refractivity contribution in [3.05, 3.63) is 63.9 Å². The molecule has 1 heterocycles. The quantitative estimate of drug-likeness (QED) is 0.407. The van der Waals surface area contributed by atoms with Crippen molar-refractivity contribution in [3.8, 4) is 17.0 Å². The van der Waals surface area contributed by atoms with Crippen molar-refractivity contribution in [2.75, 3.05) is 19.5 Å². The van der Waals surface area contributed by atoms with Gasteiger partial charge in [0.25, 0.3) is 15.7 Å². The van der Waals surface area contributed by atoms with Crippen molar-refractivity contribution < 1.29 is 22.1 Å². The number of nitrogens with one attached hydrogen (secondary N) is 1. The molecule has 1 amide bonds. The second kappa shape index (κ2) is 11.2. The number of carbonyl (C=O) groups is 1. The second-order valence-electron chi connectivity index (χ2n) is 8.81. The topological polar surface area (TPSA) is 104 Å². The van der Waals surface area contributed by atoms with Gasteiger partial charge in [-0.1, -0.05) is 36.7 Å². The number of fused-ring (bicyclic) bond motifs is 1. The minimum atomic E-state index is -3.53. The average Bonchev–Trinajstić information content (AvgIpc) is 2.77. The van der Waals surface area contributed by atoms with Gasteiger partial charge in [0.05, 0.1) is 30.5 Å². The summed E-state index contributed by atoms with van der Waals surface area (Å²) in [5.74, 6) is -0.0201. The van der Waals surface area contributed by atoms with Gasteiger partial charge in [-0.3, -0.25) is 18.3 Å². The molecule has 1 atom stereocenters. The highest BCUT2D eigenvalue weighted by Gasteiger charge is 2.16. The normalized spacial score (nSPS) is 12.6. The molecule has 0 aliphatic rings. The molecule has 1 N–H and O–H groups in total. The van der Waals surface area contributed by atoms with Gasteiger partial charge >= 0.3 is 0 Å². The lowest BCUT2D eigenvalue weighted by atomic mass is 10.1. The Balaban J connectivity index is 1.97. The SMILES string of the molecule is CC(C)NC(=O)Cn1c(-c2cccc(Cl)c2)cc2ccc(OC[C@@H](C)COS(C)(=O)=O)cc2c1=O. The highest BCUT2D eigenvalue weighted by Crippen LogP contribution is 2.27. The molecule has 0 radical (unpaired) electrons. The number of amides is 1. The molecule has 3 aromatic rings. The molecule has 0 saturated heterocycles. The molecule has 10 heteroatoms. The lowest BCUT2D eigenvalue weighted by molar-refractivity contribution is -0.122. The Bertz CT molecular complexity index is 1380. The van der Waals surface area contributed by atoms with Crippen LogP contribution in [0.4, 0.5) is 0 Å². The fraction of sp³-hybridized carbons (Fsp3) is 0.360. The molecule has 3 rings (SSSR count). The van der Waals surface area contributed by atoms with E-state index in [4.69, 9.17) is 20.5 Å². The van der Waals surface area contributed by atoms with Crippen molar-refractivity contribution in [2.45, 2.75) is 33.4 Å². The van der Waals surface area contributed by atoms with E-state index in [1.54, 1.807) is 43.3 Å². The Labute approximate surface area is 209 Å². The summed E-state index contributed by atoms with van der Waals surface area (Å²) in [5.41, 5.74) is 0.952. The lowest BCUT2D eigenvalue weighted by Crippen LogP contribution is -2.36. The van der Waals surface area contributed by atoms with Crippen molar-refractivity contribution in [3.63, 3.8) is 0 Å². The summed E-state index contributed by atoms with van der Waals surface area (Å²) in [6.07, 6.45) is 0.994. The molecular formula is C25H29ClN2O6S. The van der Waals surface area contributed by atoms with E-state index in [1.807, 2.05) is 26.0 Å². The van der Waals surface area contributed by atoms with Crippen molar-refractivity contribution in [1.82, 2.24) is 9.88 Å². The fourth-order valence-electron chi connectivity index (χ4n) is 3.50. The zero-order valence-corrected chi connectivity index (χ0v) is 21.7. The van der Waals surface area contributed by atoms with Crippen LogP contribution in [-0.4, -0.2) is 44.4 Å². The molecule has 35 heavy (non-hydrogen) atoms. The maximum atomic E-state index is 13.5. The average molecular weight is 521 g/mol. The standard InChI is InChI=1S/C25H29ClN2O6S/c1-16(2)27-24(29)13-28-23(19-6-5-7-20(26)10-19)11-18-8-9-21(12-22(18)25(28)30)33-14-17(3)15-34-35(4,31)32/h5-12,16-17H,13-15H2,1-4H3,(H,27,29)/t17-/m1/s1. The number of aromatic nitrogens is 1. The molecule has 8 nitrogen and oxygen atoms in total. The van der Waals surface area contributed by atoms with Gasteiger partial charge in [0, 0.05) is 17.0 Å². The number of carbonyl (C=O) groups excluding carboxylic acids is 1. The zero-order chi connectivity index (χ0) is 25.8. The van der Waals surface area contributed by atoms with Crippen LogP contribution < -0.4 is 15.6 Å². The van der Waals surface area contributed by atoms with Gasteiger partial charge in [0.2, 0.25) is 5.91 Å². The molecule has 188 valence electrons. The van der Waals surface area contributed by atoms with Gasteiger partial charge in [-0.25, -0.2) is 0 Å². The van der Waals surface area contributed by atoms with Gasteiger partial charge in [-0.15, -0.1) is 0 Å². The van der Waals surface area contributed by atoms with Crippen LogP contribution in [0.15, 0.2) is 53.3 Å². The monoisotopic (exact) mass is 520 g/mol. The minimum absolute atomic E-state index is 0.00677. The summed E-state index contributed by atoms with van der Waals surface area (Å²) in [4.78, 5) is 26.1. The van der Waals surface area contributed by atoms with Crippen molar-refractivity contribution in [1.29, 1.82) is 0 Å². The largest absolute Gasteiger partial charge is 0.493 e. The first-order valence-electron chi connectivity index (χ1n) is 11.1. The van der Waals surface area contributed by atoms with Crippen LogP contribution in [0.2, 0.25) is 5.02 Å². The summed E-state index contributed by atoms with van der Waals surface area (Å²) in [6, 6.07) is 14.0. The first-order chi connectivity index (χ1) is 16.4. The third-order valence-electron chi connectivity index (χ3n) is 5.06. The number of hydrogen-bond donors (Lipinski definition) is 1. The second-order valence-corrected chi connectivity index (χ2v) is 10.9. The maximum absolute atomic E-state index is 13.5. The molecule has 2 aromatic carbocycles. The summed E-state index contributed by atoms with van der Waals surface area (Å²) in [6.45, 7) is 5.54. The third kappa shape index (κ3) is 7.55. The van der Waals surface area contributed by atoms with Crippen molar-refractivity contribution >= 4 is 38.4 Å². The van der Waals surface area contributed by atoms with Crippen LogP contribution >= 0.6 is 11.6 Å². The summed E-state index contributed by atoms with van der Waals surface area (Å²) in [7, 11) is -3.53.